The van der Waals surface area contributed by atoms with Crippen molar-refractivity contribution in [1.82, 2.24) is 0 Å². The number of carbonyl (C=O) groups excluding carboxylic acids is 4. The molecular weight excluding hydrogens is 559 g/mol. The van der Waals surface area contributed by atoms with Crippen molar-refractivity contribution in [3.8, 4) is 16.9 Å². The summed E-state index contributed by atoms with van der Waals surface area (Å²) in [6.45, 7) is 4.07. The van der Waals surface area contributed by atoms with Crippen LogP contribution in [0.1, 0.15) is 27.7 Å². The molecule has 0 unspecified atom stereocenters. The molecule has 1 fully saturated rings. The van der Waals surface area contributed by atoms with Gasteiger partial charge in [0.15, 0.2) is 17.6 Å². The second-order valence-electron chi connectivity index (χ2n) is 9.33. The van der Waals surface area contributed by atoms with E-state index in [1.807, 2.05) is 0 Å². The van der Waals surface area contributed by atoms with E-state index in [0.717, 1.165) is 27.7 Å². The van der Waals surface area contributed by atoms with Crippen LogP contribution < -0.4 is 10.2 Å². The van der Waals surface area contributed by atoms with Gasteiger partial charge in [0.1, 0.15) is 36.1 Å². The van der Waals surface area contributed by atoms with E-state index < -0.39 is 67.0 Å². The number of carbonyl (C=O) groups is 4. The van der Waals surface area contributed by atoms with Crippen LogP contribution in [0.3, 0.4) is 0 Å². The van der Waals surface area contributed by atoms with Crippen LogP contribution in [0, 0.1) is 5.82 Å². The van der Waals surface area contributed by atoms with Gasteiger partial charge in [-0.3, -0.25) is 24.0 Å². The lowest BCUT2D eigenvalue weighted by molar-refractivity contribution is -0.288. The van der Waals surface area contributed by atoms with Crippen LogP contribution in [-0.2, 0) is 42.9 Å². The summed E-state index contributed by atoms with van der Waals surface area (Å²) >= 11 is 0. The molecule has 1 aliphatic heterocycles. The summed E-state index contributed by atoms with van der Waals surface area (Å²) in [5.41, 5.74) is 0.441. The second kappa shape index (κ2) is 12.8. The maximum absolute atomic E-state index is 13.3. The summed E-state index contributed by atoms with van der Waals surface area (Å²) < 4.78 is 52.1. The minimum Gasteiger partial charge on any atom is -0.463 e. The standard InChI is InChI=1S/C29H27FO12/c1-14(31)36-13-24-26(38-15(2)32)27(39-16(3)33)28(40-17(4)34)29(42-24)41-20-9-10-21-23(11-20)37-12-22(25(21)35)18-5-7-19(30)8-6-18/h5-12,24,26-29H,13H2,1-4H3/t24-,26+,27+,28+,29-/m0/s1. The monoisotopic (exact) mass is 586 g/mol. The van der Waals surface area contributed by atoms with Crippen LogP contribution in [0.15, 0.2) is 57.9 Å². The lowest BCUT2D eigenvalue weighted by Gasteiger charge is -2.43. The zero-order valence-corrected chi connectivity index (χ0v) is 23.0. The highest BCUT2D eigenvalue weighted by molar-refractivity contribution is 5.82. The van der Waals surface area contributed by atoms with Gasteiger partial charge in [-0.1, -0.05) is 12.1 Å². The molecule has 0 amide bonds. The third-order valence-corrected chi connectivity index (χ3v) is 6.10. The number of hydrogen-bond donors (Lipinski definition) is 0. The molecule has 12 nitrogen and oxygen atoms in total. The van der Waals surface area contributed by atoms with Crippen LogP contribution in [-0.4, -0.2) is 61.2 Å². The fourth-order valence-electron chi connectivity index (χ4n) is 4.43. The van der Waals surface area contributed by atoms with Gasteiger partial charge in [0, 0.05) is 33.8 Å². The van der Waals surface area contributed by atoms with E-state index in [1.165, 1.54) is 48.7 Å². The third-order valence-electron chi connectivity index (χ3n) is 6.10. The topological polar surface area (TPSA) is 154 Å². The first-order valence-corrected chi connectivity index (χ1v) is 12.7. The first-order valence-electron chi connectivity index (χ1n) is 12.7. The smallest absolute Gasteiger partial charge is 0.303 e. The molecule has 4 rings (SSSR count). The van der Waals surface area contributed by atoms with Crippen LogP contribution in [0.4, 0.5) is 4.39 Å². The fraction of sp³-hybridized carbons (Fsp3) is 0.345. The maximum Gasteiger partial charge on any atom is 0.303 e. The zero-order chi connectivity index (χ0) is 30.6. The van der Waals surface area contributed by atoms with E-state index in [0.29, 0.717) is 5.56 Å². The van der Waals surface area contributed by atoms with E-state index in [2.05, 4.69) is 0 Å². The van der Waals surface area contributed by atoms with Crippen LogP contribution >= 0.6 is 0 Å². The fourth-order valence-corrected chi connectivity index (χ4v) is 4.43. The summed E-state index contributed by atoms with van der Waals surface area (Å²) in [6.07, 6.45) is -5.62. The first-order chi connectivity index (χ1) is 19.9. The normalized spacial score (nSPS) is 21.7. The van der Waals surface area contributed by atoms with Crippen LogP contribution in [0.25, 0.3) is 22.1 Å². The molecule has 0 spiro atoms. The number of benzene rings is 2. The molecular formula is C29H27FO12. The molecule has 13 heteroatoms. The quantitative estimate of drug-likeness (QED) is 0.281. The van der Waals surface area contributed by atoms with Gasteiger partial charge >= 0.3 is 23.9 Å². The van der Waals surface area contributed by atoms with Gasteiger partial charge in [0.25, 0.3) is 0 Å². The highest BCUT2D eigenvalue weighted by Gasteiger charge is 2.53. The number of ether oxygens (including phenoxy) is 6. The number of fused-ring (bicyclic) bond motifs is 1. The van der Waals surface area contributed by atoms with Crippen molar-refractivity contribution in [2.75, 3.05) is 6.61 Å². The molecule has 1 saturated heterocycles. The Morgan fingerprint density at radius 3 is 2.05 bits per heavy atom. The second-order valence-corrected chi connectivity index (χ2v) is 9.33. The molecule has 0 saturated carbocycles. The van der Waals surface area contributed by atoms with Gasteiger partial charge in [-0.2, -0.15) is 0 Å². The van der Waals surface area contributed by atoms with Crippen LogP contribution in [0.5, 0.6) is 5.75 Å². The van der Waals surface area contributed by atoms with Crippen molar-refractivity contribution < 1.29 is 56.4 Å². The lowest BCUT2D eigenvalue weighted by atomic mass is 9.98. The Balaban J connectivity index is 1.70. The van der Waals surface area contributed by atoms with Gasteiger partial charge < -0.3 is 32.8 Å². The highest BCUT2D eigenvalue weighted by atomic mass is 19.1. The van der Waals surface area contributed by atoms with E-state index >= 15 is 0 Å². The van der Waals surface area contributed by atoms with Crippen molar-refractivity contribution in [1.29, 1.82) is 0 Å². The molecule has 0 aliphatic carbocycles. The molecule has 5 atom stereocenters. The van der Waals surface area contributed by atoms with Gasteiger partial charge in [0.05, 0.1) is 10.9 Å². The molecule has 0 radical (unpaired) electrons. The van der Waals surface area contributed by atoms with Crippen molar-refractivity contribution in [3.05, 3.63) is 64.8 Å². The molecule has 42 heavy (non-hydrogen) atoms. The summed E-state index contributed by atoms with van der Waals surface area (Å²) in [4.78, 5) is 60.6. The molecule has 0 N–H and O–H groups in total. The third kappa shape index (κ3) is 7.10. The minimum absolute atomic E-state index is 0.0982. The highest BCUT2D eigenvalue weighted by Crippen LogP contribution is 2.32. The molecule has 1 aliphatic rings. The Bertz CT molecular complexity index is 1550. The summed E-state index contributed by atoms with van der Waals surface area (Å²) in [5.74, 6) is -3.35. The predicted molar refractivity (Wildman–Crippen MR) is 140 cm³/mol. The van der Waals surface area contributed by atoms with Crippen molar-refractivity contribution in [3.63, 3.8) is 0 Å². The lowest BCUT2D eigenvalue weighted by Crippen LogP contribution is -2.63. The molecule has 222 valence electrons. The van der Waals surface area contributed by atoms with Gasteiger partial charge in [-0.25, -0.2) is 4.39 Å². The Hall–Kier alpha value is -4.78. The number of rotatable bonds is 8. The van der Waals surface area contributed by atoms with Crippen LogP contribution in [0.2, 0.25) is 0 Å². The largest absolute Gasteiger partial charge is 0.463 e. The van der Waals surface area contributed by atoms with E-state index in [1.54, 1.807) is 0 Å². The summed E-state index contributed by atoms with van der Waals surface area (Å²) in [7, 11) is 0. The van der Waals surface area contributed by atoms with E-state index in [9.17, 15) is 28.4 Å². The van der Waals surface area contributed by atoms with E-state index in [4.69, 9.17) is 32.8 Å². The number of esters is 4. The Morgan fingerprint density at radius 2 is 1.43 bits per heavy atom. The molecule has 2 aromatic carbocycles. The summed E-state index contributed by atoms with van der Waals surface area (Å²) in [6, 6.07) is 9.62. The number of hydrogen-bond acceptors (Lipinski definition) is 12. The molecule has 3 aromatic rings. The average Bonchev–Trinajstić information content (AvgIpc) is 2.91. The van der Waals surface area contributed by atoms with Crippen molar-refractivity contribution in [2.24, 2.45) is 0 Å². The average molecular weight is 587 g/mol. The van der Waals surface area contributed by atoms with Gasteiger partial charge in [-0.05, 0) is 29.8 Å². The predicted octanol–water partition coefficient (Wildman–Crippen LogP) is 3.06. The molecule has 2 heterocycles. The Kier molecular flexibility index (Phi) is 9.21. The summed E-state index contributed by atoms with van der Waals surface area (Å²) in [5, 5.41) is 0.200. The Morgan fingerprint density at radius 1 is 0.810 bits per heavy atom. The molecule has 1 aromatic heterocycles. The minimum atomic E-state index is -1.46. The van der Waals surface area contributed by atoms with E-state index in [-0.39, 0.29) is 27.7 Å². The SMILES string of the molecule is CC(=O)OC[C@@H]1O[C@H](Oc2ccc3c(=O)c(-c4ccc(F)cc4)coc3c2)[C@H](OC(C)=O)[C@H](OC(C)=O)[C@@H]1OC(C)=O. The number of halogens is 1. The zero-order valence-electron chi connectivity index (χ0n) is 23.0. The molecule has 0 bridgehead atoms. The van der Waals surface area contributed by atoms with Gasteiger partial charge in [0.2, 0.25) is 12.4 Å². The van der Waals surface area contributed by atoms with Crippen molar-refractivity contribution in [2.45, 2.75) is 58.4 Å². The maximum atomic E-state index is 13.3. The first kappa shape index (κ1) is 30.2. The van der Waals surface area contributed by atoms with Gasteiger partial charge in [-0.15, -0.1) is 0 Å². The van der Waals surface area contributed by atoms with Crippen molar-refractivity contribution >= 4 is 34.8 Å². The Labute approximate surface area is 238 Å².